The van der Waals surface area contributed by atoms with Gasteiger partial charge in [0.15, 0.2) is 0 Å². The lowest BCUT2D eigenvalue weighted by molar-refractivity contribution is -0.121. The number of amides is 1. The van der Waals surface area contributed by atoms with Crippen molar-refractivity contribution in [2.75, 3.05) is 13.1 Å². The molecule has 6 nitrogen and oxygen atoms in total. The van der Waals surface area contributed by atoms with Crippen LogP contribution in [0, 0.1) is 11.7 Å². The highest BCUT2D eigenvalue weighted by atomic mass is 35.5. The third kappa shape index (κ3) is 6.06. The number of hydrogen-bond acceptors (Lipinski definition) is 4. The Hall–Kier alpha value is -1.22. The summed E-state index contributed by atoms with van der Waals surface area (Å²) in [5.41, 5.74) is 5.59. The Balaban J connectivity index is 0.00000264. The fourth-order valence-corrected chi connectivity index (χ4v) is 3.17. The van der Waals surface area contributed by atoms with Gasteiger partial charge in [-0.2, -0.15) is 0 Å². The smallest absolute Gasteiger partial charge is 0.240 e. The number of benzene rings is 1. The molecule has 0 bridgehead atoms. The SMILES string of the molecule is Cl.NCC(NC(=O)CCNS(=O)(=O)c1ccc(F)cc1)C1CC1. The highest BCUT2D eigenvalue weighted by Crippen LogP contribution is 2.32. The van der Waals surface area contributed by atoms with Crippen molar-refractivity contribution >= 4 is 28.3 Å². The van der Waals surface area contributed by atoms with Crippen LogP contribution in [0.25, 0.3) is 0 Å². The van der Waals surface area contributed by atoms with Crippen molar-refractivity contribution in [2.24, 2.45) is 11.7 Å². The van der Waals surface area contributed by atoms with Crippen LogP contribution in [0.3, 0.4) is 0 Å². The fraction of sp³-hybridized carbons (Fsp3) is 0.500. The molecule has 9 heteroatoms. The monoisotopic (exact) mass is 365 g/mol. The van der Waals surface area contributed by atoms with Crippen LogP contribution in [0.15, 0.2) is 29.2 Å². The van der Waals surface area contributed by atoms with Crippen molar-refractivity contribution in [3.05, 3.63) is 30.1 Å². The van der Waals surface area contributed by atoms with Gasteiger partial charge < -0.3 is 11.1 Å². The van der Waals surface area contributed by atoms with Gasteiger partial charge in [0.2, 0.25) is 15.9 Å². The maximum Gasteiger partial charge on any atom is 0.240 e. The molecule has 2 rings (SSSR count). The number of nitrogens with two attached hydrogens (primary N) is 1. The van der Waals surface area contributed by atoms with E-state index < -0.39 is 15.8 Å². The topological polar surface area (TPSA) is 101 Å². The number of nitrogens with one attached hydrogen (secondary N) is 2. The normalized spacial score (nSPS) is 15.6. The van der Waals surface area contributed by atoms with E-state index in [0.29, 0.717) is 12.5 Å². The maximum atomic E-state index is 12.8. The van der Waals surface area contributed by atoms with Crippen LogP contribution in [0.5, 0.6) is 0 Å². The second-order valence-corrected chi connectivity index (χ2v) is 7.12. The van der Waals surface area contributed by atoms with Crippen LogP contribution in [0.2, 0.25) is 0 Å². The molecule has 1 fully saturated rings. The predicted octanol–water partition coefficient (Wildman–Crippen LogP) is 0.769. The quantitative estimate of drug-likeness (QED) is 0.633. The summed E-state index contributed by atoms with van der Waals surface area (Å²) in [7, 11) is -3.73. The molecule has 1 aromatic carbocycles. The molecule has 0 radical (unpaired) electrons. The van der Waals surface area contributed by atoms with Gasteiger partial charge in [-0.1, -0.05) is 0 Å². The third-order valence-electron chi connectivity index (χ3n) is 3.56. The Labute approximate surface area is 141 Å². The van der Waals surface area contributed by atoms with Gasteiger partial charge in [0.05, 0.1) is 4.90 Å². The average molecular weight is 366 g/mol. The van der Waals surface area contributed by atoms with E-state index in [4.69, 9.17) is 5.73 Å². The van der Waals surface area contributed by atoms with Crippen molar-refractivity contribution in [3.8, 4) is 0 Å². The number of hydrogen-bond donors (Lipinski definition) is 3. The molecule has 1 aliphatic rings. The average Bonchev–Trinajstić information content (AvgIpc) is 3.29. The molecule has 23 heavy (non-hydrogen) atoms. The van der Waals surface area contributed by atoms with Gasteiger partial charge in [-0.3, -0.25) is 4.79 Å². The van der Waals surface area contributed by atoms with Gasteiger partial charge in [-0.15, -0.1) is 12.4 Å². The van der Waals surface area contributed by atoms with E-state index in [1.54, 1.807) is 0 Å². The van der Waals surface area contributed by atoms with Crippen LogP contribution < -0.4 is 15.8 Å². The molecule has 1 amide bonds. The van der Waals surface area contributed by atoms with E-state index in [1.165, 1.54) is 12.1 Å². The summed E-state index contributed by atoms with van der Waals surface area (Å²) in [5, 5.41) is 2.81. The molecule has 1 saturated carbocycles. The van der Waals surface area contributed by atoms with Crippen LogP contribution in [0.1, 0.15) is 19.3 Å². The maximum absolute atomic E-state index is 12.8. The first-order chi connectivity index (χ1) is 10.4. The number of carbonyl (C=O) groups is 1. The lowest BCUT2D eigenvalue weighted by Gasteiger charge is -2.16. The summed E-state index contributed by atoms with van der Waals surface area (Å²) in [4.78, 5) is 11.7. The molecular weight excluding hydrogens is 345 g/mol. The Kier molecular flexibility index (Phi) is 7.40. The molecule has 1 aromatic rings. The third-order valence-corrected chi connectivity index (χ3v) is 5.04. The van der Waals surface area contributed by atoms with Gasteiger partial charge >= 0.3 is 0 Å². The van der Waals surface area contributed by atoms with Crippen LogP contribution in [-0.4, -0.2) is 33.5 Å². The fourth-order valence-electron chi connectivity index (χ4n) is 2.14. The highest BCUT2D eigenvalue weighted by molar-refractivity contribution is 7.89. The minimum atomic E-state index is -3.73. The van der Waals surface area contributed by atoms with Crippen molar-refractivity contribution in [1.82, 2.24) is 10.0 Å². The molecular formula is C14H21ClFN3O3S. The second kappa shape index (κ2) is 8.58. The second-order valence-electron chi connectivity index (χ2n) is 5.35. The van der Waals surface area contributed by atoms with Gasteiger partial charge in [0.25, 0.3) is 0 Å². The van der Waals surface area contributed by atoms with E-state index in [1.807, 2.05) is 0 Å². The molecule has 0 aliphatic heterocycles. The first kappa shape index (κ1) is 19.8. The molecule has 4 N–H and O–H groups in total. The molecule has 1 atom stereocenters. The van der Waals surface area contributed by atoms with Gasteiger partial charge in [-0.05, 0) is 43.0 Å². The zero-order valence-electron chi connectivity index (χ0n) is 12.5. The van der Waals surface area contributed by atoms with Gasteiger partial charge in [-0.25, -0.2) is 17.5 Å². The zero-order chi connectivity index (χ0) is 16.2. The minimum Gasteiger partial charge on any atom is -0.352 e. The van der Waals surface area contributed by atoms with Crippen molar-refractivity contribution < 1.29 is 17.6 Å². The standard InChI is InChI=1S/C14H20FN3O3S.ClH/c15-11-3-5-12(6-4-11)22(20,21)17-8-7-14(19)18-13(9-16)10-1-2-10;/h3-6,10,13,17H,1-2,7-9,16H2,(H,18,19);1H. The molecule has 1 unspecified atom stereocenters. The van der Waals surface area contributed by atoms with Crippen molar-refractivity contribution in [1.29, 1.82) is 0 Å². The molecule has 0 aromatic heterocycles. The lowest BCUT2D eigenvalue weighted by atomic mass is 10.2. The van der Waals surface area contributed by atoms with E-state index in [9.17, 15) is 17.6 Å². The van der Waals surface area contributed by atoms with Crippen LogP contribution in [0.4, 0.5) is 4.39 Å². The van der Waals surface area contributed by atoms with E-state index in [-0.39, 0.29) is 42.2 Å². The van der Waals surface area contributed by atoms with Crippen molar-refractivity contribution in [3.63, 3.8) is 0 Å². The Morgan fingerprint density at radius 1 is 1.30 bits per heavy atom. The summed E-state index contributed by atoms with van der Waals surface area (Å²) in [6.07, 6.45) is 2.17. The van der Waals surface area contributed by atoms with Crippen LogP contribution in [-0.2, 0) is 14.8 Å². The number of sulfonamides is 1. The molecule has 1 aliphatic carbocycles. The highest BCUT2D eigenvalue weighted by Gasteiger charge is 2.31. The minimum absolute atomic E-state index is 0. The summed E-state index contributed by atoms with van der Waals surface area (Å²) in [6.45, 7) is 0.366. The first-order valence-electron chi connectivity index (χ1n) is 7.17. The Bertz CT molecular complexity index is 621. The summed E-state index contributed by atoms with van der Waals surface area (Å²) >= 11 is 0. The van der Waals surface area contributed by atoms with Crippen molar-refractivity contribution in [2.45, 2.75) is 30.2 Å². The molecule has 0 heterocycles. The molecule has 0 spiro atoms. The van der Waals surface area contributed by atoms with E-state index in [2.05, 4.69) is 10.0 Å². The summed E-state index contributed by atoms with van der Waals surface area (Å²) in [5.74, 6) is -0.291. The Morgan fingerprint density at radius 2 is 1.91 bits per heavy atom. The number of rotatable bonds is 8. The summed E-state index contributed by atoms with van der Waals surface area (Å²) in [6, 6.07) is 4.47. The van der Waals surface area contributed by atoms with Crippen LogP contribution >= 0.6 is 12.4 Å². The largest absolute Gasteiger partial charge is 0.352 e. The first-order valence-corrected chi connectivity index (χ1v) is 8.65. The Morgan fingerprint density at radius 3 is 2.43 bits per heavy atom. The number of carbonyl (C=O) groups excluding carboxylic acids is 1. The molecule has 0 saturated heterocycles. The number of halogens is 2. The zero-order valence-corrected chi connectivity index (χ0v) is 14.1. The molecule has 130 valence electrons. The van der Waals surface area contributed by atoms with Gasteiger partial charge in [0, 0.05) is 25.6 Å². The van der Waals surface area contributed by atoms with E-state index in [0.717, 1.165) is 25.0 Å². The lowest BCUT2D eigenvalue weighted by Crippen LogP contribution is -2.42. The van der Waals surface area contributed by atoms with E-state index >= 15 is 0 Å². The van der Waals surface area contributed by atoms with Gasteiger partial charge in [0.1, 0.15) is 5.82 Å². The predicted molar refractivity (Wildman–Crippen MR) is 87.2 cm³/mol. The summed E-state index contributed by atoms with van der Waals surface area (Å²) < 4.78 is 39.0.